The number of hydrogen-bond donors (Lipinski definition) is 1. The second-order valence-electron chi connectivity index (χ2n) is 9.04. The van der Waals surface area contributed by atoms with Crippen molar-refractivity contribution in [3.8, 4) is 28.6 Å². The van der Waals surface area contributed by atoms with E-state index in [4.69, 9.17) is 42.3 Å². The Morgan fingerprint density at radius 3 is 2.54 bits per heavy atom. The molecular formula is C26H21Cl2N3O5S. The summed E-state index contributed by atoms with van der Waals surface area (Å²) in [5.74, 6) is 2.48. The quantitative estimate of drug-likeness (QED) is 0.307. The van der Waals surface area contributed by atoms with Crippen LogP contribution in [0.4, 0.5) is 0 Å². The van der Waals surface area contributed by atoms with E-state index in [1.54, 1.807) is 36.4 Å². The summed E-state index contributed by atoms with van der Waals surface area (Å²) >= 11 is 12.9. The largest absolute Gasteiger partial charge is 0.473 e. The van der Waals surface area contributed by atoms with Gasteiger partial charge in [0.1, 0.15) is 29.6 Å². The molecule has 1 aliphatic carbocycles. The maximum atomic E-state index is 11.8. The van der Waals surface area contributed by atoms with E-state index in [1.165, 1.54) is 12.1 Å². The first-order valence-corrected chi connectivity index (χ1v) is 14.0. The van der Waals surface area contributed by atoms with Gasteiger partial charge in [-0.2, -0.15) is 0 Å². The SMILES string of the molecule is NS(=O)(=O)c1ccc2c(c1)Oc1ccc(OCc3c(-c4c(Cl)cccc4Cl)noc3C3CC3)nc1CC2. The summed E-state index contributed by atoms with van der Waals surface area (Å²) in [4.78, 5) is 4.66. The smallest absolute Gasteiger partial charge is 0.238 e. The lowest BCUT2D eigenvalue weighted by Crippen LogP contribution is -2.12. The van der Waals surface area contributed by atoms with Crippen LogP contribution in [0.25, 0.3) is 11.3 Å². The lowest BCUT2D eigenvalue weighted by atomic mass is 10.0. The molecule has 2 N–H and O–H groups in total. The molecule has 1 aliphatic heterocycles. The van der Waals surface area contributed by atoms with Crippen LogP contribution < -0.4 is 14.6 Å². The van der Waals surface area contributed by atoms with Gasteiger partial charge >= 0.3 is 0 Å². The fourth-order valence-electron chi connectivity index (χ4n) is 4.40. The van der Waals surface area contributed by atoms with Crippen molar-refractivity contribution in [3.63, 3.8) is 0 Å². The molecule has 0 saturated heterocycles. The number of primary sulfonamides is 1. The Labute approximate surface area is 223 Å². The number of aryl methyl sites for hydroxylation is 2. The Morgan fingerprint density at radius 1 is 1.03 bits per heavy atom. The molecule has 2 aromatic carbocycles. The maximum absolute atomic E-state index is 11.8. The van der Waals surface area contributed by atoms with Crippen LogP contribution in [0.5, 0.6) is 17.4 Å². The Bertz CT molecular complexity index is 1610. The van der Waals surface area contributed by atoms with E-state index in [9.17, 15) is 8.42 Å². The second kappa shape index (κ2) is 9.33. The summed E-state index contributed by atoms with van der Waals surface area (Å²) in [6.45, 7) is 0.177. The first kappa shape index (κ1) is 24.2. The van der Waals surface area contributed by atoms with Gasteiger partial charge in [0.05, 0.1) is 26.2 Å². The monoisotopic (exact) mass is 557 g/mol. The Morgan fingerprint density at radius 2 is 1.81 bits per heavy atom. The molecule has 2 aliphatic rings. The lowest BCUT2D eigenvalue weighted by Gasteiger charge is -2.12. The summed E-state index contributed by atoms with van der Waals surface area (Å²) in [6, 6.07) is 13.4. The average Bonchev–Trinajstić information content (AvgIpc) is 3.65. The zero-order valence-electron chi connectivity index (χ0n) is 19.4. The molecule has 0 bridgehead atoms. The number of halogens is 2. The number of pyridine rings is 1. The summed E-state index contributed by atoms with van der Waals surface area (Å²) in [5.41, 5.74) is 3.55. The van der Waals surface area contributed by atoms with Gasteiger partial charge in [-0.3, -0.25) is 0 Å². The maximum Gasteiger partial charge on any atom is 0.238 e. The average molecular weight is 558 g/mol. The molecule has 0 atom stereocenters. The number of fused-ring (bicyclic) bond motifs is 2. The van der Waals surface area contributed by atoms with Crippen molar-refractivity contribution in [2.75, 3.05) is 0 Å². The minimum Gasteiger partial charge on any atom is -0.473 e. The molecule has 190 valence electrons. The Hall–Kier alpha value is -3.11. The molecule has 0 radical (unpaired) electrons. The van der Waals surface area contributed by atoms with Gasteiger partial charge in [-0.25, -0.2) is 18.5 Å². The number of rotatable bonds is 6. The molecule has 0 amide bonds. The van der Waals surface area contributed by atoms with Crippen molar-refractivity contribution >= 4 is 33.2 Å². The van der Waals surface area contributed by atoms with E-state index in [0.717, 1.165) is 29.7 Å². The third-order valence-corrected chi connectivity index (χ3v) is 8.00. The number of aromatic nitrogens is 2. The minimum atomic E-state index is -3.84. The number of sulfonamides is 1. The normalized spacial score (nSPS) is 14.9. The van der Waals surface area contributed by atoms with Gasteiger partial charge in [0.15, 0.2) is 0 Å². The predicted octanol–water partition coefficient (Wildman–Crippen LogP) is 6.04. The van der Waals surface area contributed by atoms with Gasteiger partial charge in [0.2, 0.25) is 15.9 Å². The van der Waals surface area contributed by atoms with Crippen LogP contribution in [0.15, 0.2) is 57.9 Å². The highest BCUT2D eigenvalue weighted by Crippen LogP contribution is 2.46. The number of nitrogens with zero attached hydrogens (tertiary/aromatic N) is 2. The van der Waals surface area contributed by atoms with Gasteiger partial charge in [0.25, 0.3) is 0 Å². The Kier molecular flexibility index (Phi) is 6.11. The molecule has 6 rings (SSSR count). The van der Waals surface area contributed by atoms with E-state index in [1.807, 2.05) is 0 Å². The van der Waals surface area contributed by atoms with Crippen molar-refractivity contribution in [1.29, 1.82) is 0 Å². The predicted molar refractivity (Wildman–Crippen MR) is 138 cm³/mol. The molecule has 1 fully saturated rings. The van der Waals surface area contributed by atoms with Crippen LogP contribution >= 0.6 is 23.2 Å². The molecule has 3 heterocycles. The summed E-state index contributed by atoms with van der Waals surface area (Å²) in [6.07, 6.45) is 3.27. The third-order valence-electron chi connectivity index (χ3n) is 6.46. The number of ether oxygens (including phenoxy) is 2. The third kappa shape index (κ3) is 4.80. The topological polar surface area (TPSA) is 118 Å². The summed E-state index contributed by atoms with van der Waals surface area (Å²) in [5, 5.41) is 10.5. The molecule has 37 heavy (non-hydrogen) atoms. The van der Waals surface area contributed by atoms with E-state index in [0.29, 0.717) is 63.1 Å². The van der Waals surface area contributed by atoms with Crippen LogP contribution in [0.1, 0.15) is 41.3 Å². The first-order chi connectivity index (χ1) is 17.8. The molecule has 8 nitrogen and oxygen atoms in total. The fraction of sp³-hybridized carbons (Fsp3) is 0.231. The zero-order valence-corrected chi connectivity index (χ0v) is 21.7. The van der Waals surface area contributed by atoms with Crippen molar-refractivity contribution in [2.24, 2.45) is 5.14 Å². The number of hydrogen-bond acceptors (Lipinski definition) is 7. The Balaban J connectivity index is 1.27. The van der Waals surface area contributed by atoms with Crippen LogP contribution in [0, 0.1) is 0 Å². The standard InChI is InChI=1S/C26H21Cl2N3O5S/c27-18-2-1-3-19(28)24(18)25-17(26(36-31-25)15-4-5-15)13-34-23-11-10-21-20(30-23)9-7-14-6-8-16(37(29,32)33)12-22(14)35-21/h1-3,6,8,10-12,15H,4-5,7,9,13H2,(H2,29,32,33). The van der Waals surface area contributed by atoms with Crippen molar-refractivity contribution in [2.45, 2.75) is 43.1 Å². The molecule has 4 aromatic rings. The molecule has 0 spiro atoms. The summed E-state index contributed by atoms with van der Waals surface area (Å²) < 4.78 is 41.3. The van der Waals surface area contributed by atoms with Gasteiger partial charge < -0.3 is 14.0 Å². The first-order valence-electron chi connectivity index (χ1n) is 11.7. The van der Waals surface area contributed by atoms with Crippen LogP contribution in [0.3, 0.4) is 0 Å². The van der Waals surface area contributed by atoms with Crippen molar-refractivity contribution < 1.29 is 22.4 Å². The van der Waals surface area contributed by atoms with E-state index in [2.05, 4.69) is 10.1 Å². The number of nitrogens with two attached hydrogens (primary N) is 1. The van der Waals surface area contributed by atoms with Crippen molar-refractivity contribution in [3.05, 3.63) is 81.2 Å². The van der Waals surface area contributed by atoms with Crippen LogP contribution in [-0.2, 0) is 29.5 Å². The van der Waals surface area contributed by atoms with Crippen LogP contribution in [-0.4, -0.2) is 18.6 Å². The molecule has 0 unspecified atom stereocenters. The van der Waals surface area contributed by atoms with Gasteiger partial charge in [-0.05, 0) is 55.5 Å². The molecule has 11 heteroatoms. The van der Waals surface area contributed by atoms with E-state index in [-0.39, 0.29) is 11.5 Å². The van der Waals surface area contributed by atoms with Gasteiger partial charge in [-0.1, -0.05) is 40.5 Å². The van der Waals surface area contributed by atoms with Gasteiger partial charge in [0, 0.05) is 23.6 Å². The minimum absolute atomic E-state index is 0.00257. The lowest BCUT2D eigenvalue weighted by molar-refractivity contribution is 0.287. The highest BCUT2D eigenvalue weighted by molar-refractivity contribution is 7.89. The van der Waals surface area contributed by atoms with E-state index < -0.39 is 10.0 Å². The zero-order chi connectivity index (χ0) is 25.7. The molecule has 2 aromatic heterocycles. The van der Waals surface area contributed by atoms with Crippen molar-refractivity contribution in [1.82, 2.24) is 10.1 Å². The molecular weight excluding hydrogens is 537 g/mol. The second-order valence-corrected chi connectivity index (χ2v) is 11.4. The number of benzene rings is 2. The fourth-order valence-corrected chi connectivity index (χ4v) is 5.51. The van der Waals surface area contributed by atoms with E-state index >= 15 is 0 Å². The summed E-state index contributed by atoms with van der Waals surface area (Å²) in [7, 11) is -3.84. The van der Waals surface area contributed by atoms with Crippen LogP contribution in [0.2, 0.25) is 10.0 Å². The van der Waals surface area contributed by atoms with Gasteiger partial charge in [-0.15, -0.1) is 0 Å². The highest BCUT2D eigenvalue weighted by Gasteiger charge is 2.34. The molecule has 1 saturated carbocycles. The highest BCUT2D eigenvalue weighted by atomic mass is 35.5.